The number of nitro benzene ring substituents is 1. The van der Waals surface area contributed by atoms with E-state index in [0.29, 0.717) is 5.56 Å². The quantitative estimate of drug-likeness (QED) is 0.658. The monoisotopic (exact) mass is 298 g/mol. The molecule has 0 bridgehead atoms. The topological polar surface area (TPSA) is 132 Å². The molecular weight excluding hydrogens is 288 g/mol. The van der Waals surface area contributed by atoms with Crippen LogP contribution in [0.4, 0.5) is 5.69 Å². The highest BCUT2D eigenvalue weighted by atomic mass is 16.6. The second-order valence-electron chi connectivity index (χ2n) is 4.41. The van der Waals surface area contributed by atoms with Crippen LogP contribution in [0, 0.1) is 21.4 Å². The van der Waals surface area contributed by atoms with Gasteiger partial charge < -0.3 is 5.73 Å². The van der Waals surface area contributed by atoms with E-state index in [4.69, 9.17) is 11.0 Å². The summed E-state index contributed by atoms with van der Waals surface area (Å²) in [6, 6.07) is 10.1. The third kappa shape index (κ3) is 2.83. The van der Waals surface area contributed by atoms with Gasteiger partial charge in [-0.3, -0.25) is 24.3 Å². The molecule has 2 N–H and O–H groups in total. The number of nitriles is 1. The van der Waals surface area contributed by atoms with Gasteiger partial charge in [-0.25, -0.2) is 0 Å². The highest BCUT2D eigenvalue weighted by molar-refractivity contribution is 5.75. The number of benzene rings is 1. The van der Waals surface area contributed by atoms with Crippen LogP contribution in [0.25, 0.3) is 11.3 Å². The third-order valence-corrected chi connectivity index (χ3v) is 2.96. The van der Waals surface area contributed by atoms with Crippen molar-refractivity contribution in [2.45, 2.75) is 6.54 Å². The summed E-state index contributed by atoms with van der Waals surface area (Å²) >= 11 is 0. The Labute approximate surface area is 124 Å². The highest BCUT2D eigenvalue weighted by Crippen LogP contribution is 2.23. The largest absolute Gasteiger partial charge is 0.368 e. The standard InChI is InChI=1S/C14H10N4O4/c15-7-10-4-5-12(17(14(10)20)8-13(16)19)9-2-1-3-11(6-9)18(21)22/h1-6H,8H2,(H2,16,19). The van der Waals surface area contributed by atoms with Crippen LogP contribution in [0.2, 0.25) is 0 Å². The number of pyridine rings is 1. The predicted molar refractivity (Wildman–Crippen MR) is 76.7 cm³/mol. The second-order valence-corrected chi connectivity index (χ2v) is 4.41. The Balaban J connectivity index is 2.70. The number of amides is 1. The van der Waals surface area contributed by atoms with Gasteiger partial charge in [0.1, 0.15) is 18.2 Å². The van der Waals surface area contributed by atoms with Gasteiger partial charge in [-0.05, 0) is 12.1 Å². The highest BCUT2D eigenvalue weighted by Gasteiger charge is 2.14. The molecule has 0 spiro atoms. The van der Waals surface area contributed by atoms with Crippen LogP contribution in [0.1, 0.15) is 5.56 Å². The predicted octanol–water partition coefficient (Wildman–Crippen LogP) is 0.780. The molecule has 0 fully saturated rings. The van der Waals surface area contributed by atoms with Gasteiger partial charge in [-0.15, -0.1) is 0 Å². The van der Waals surface area contributed by atoms with Gasteiger partial charge in [0.05, 0.1) is 10.6 Å². The smallest absolute Gasteiger partial charge is 0.270 e. The van der Waals surface area contributed by atoms with Crippen molar-refractivity contribution in [2.24, 2.45) is 5.73 Å². The van der Waals surface area contributed by atoms with Crippen molar-refractivity contribution < 1.29 is 9.72 Å². The number of nitro groups is 1. The van der Waals surface area contributed by atoms with Gasteiger partial charge in [0, 0.05) is 17.7 Å². The SMILES string of the molecule is N#Cc1ccc(-c2cccc([N+](=O)[O-])c2)n(CC(N)=O)c1=O. The molecule has 0 unspecified atom stereocenters. The molecule has 1 heterocycles. The Morgan fingerprint density at radius 3 is 2.68 bits per heavy atom. The van der Waals surface area contributed by atoms with Crippen molar-refractivity contribution in [1.29, 1.82) is 5.26 Å². The normalized spacial score (nSPS) is 9.95. The van der Waals surface area contributed by atoms with Gasteiger partial charge in [-0.1, -0.05) is 12.1 Å². The summed E-state index contributed by atoms with van der Waals surface area (Å²) in [4.78, 5) is 33.6. The van der Waals surface area contributed by atoms with E-state index in [1.54, 1.807) is 12.1 Å². The molecule has 0 aliphatic carbocycles. The Morgan fingerprint density at radius 1 is 1.36 bits per heavy atom. The van der Waals surface area contributed by atoms with Crippen molar-refractivity contribution in [3.05, 3.63) is 62.4 Å². The lowest BCUT2D eigenvalue weighted by Gasteiger charge is -2.11. The lowest BCUT2D eigenvalue weighted by molar-refractivity contribution is -0.384. The number of aromatic nitrogens is 1. The Morgan fingerprint density at radius 2 is 2.09 bits per heavy atom. The van der Waals surface area contributed by atoms with Crippen molar-refractivity contribution in [3.8, 4) is 17.3 Å². The van der Waals surface area contributed by atoms with E-state index in [0.717, 1.165) is 4.57 Å². The summed E-state index contributed by atoms with van der Waals surface area (Å²) in [5.41, 5.74) is 4.79. The van der Waals surface area contributed by atoms with Crippen LogP contribution in [0.3, 0.4) is 0 Å². The maximum atomic E-state index is 12.1. The fourth-order valence-electron chi connectivity index (χ4n) is 2.01. The summed E-state index contributed by atoms with van der Waals surface area (Å²) in [7, 11) is 0. The zero-order valence-electron chi connectivity index (χ0n) is 11.2. The molecule has 0 saturated carbocycles. The molecule has 8 nitrogen and oxygen atoms in total. The van der Waals surface area contributed by atoms with Crippen LogP contribution < -0.4 is 11.3 Å². The molecule has 1 aromatic heterocycles. The Bertz CT molecular complexity index is 864. The van der Waals surface area contributed by atoms with E-state index in [1.165, 1.54) is 30.3 Å². The maximum absolute atomic E-state index is 12.1. The molecule has 22 heavy (non-hydrogen) atoms. The van der Waals surface area contributed by atoms with E-state index in [-0.39, 0.29) is 16.9 Å². The number of nitrogens with two attached hydrogens (primary N) is 1. The maximum Gasteiger partial charge on any atom is 0.270 e. The van der Waals surface area contributed by atoms with Crippen molar-refractivity contribution in [1.82, 2.24) is 4.57 Å². The van der Waals surface area contributed by atoms with Crippen molar-refractivity contribution in [2.75, 3.05) is 0 Å². The number of rotatable bonds is 4. The number of primary amides is 1. The molecule has 1 aromatic carbocycles. The van der Waals surface area contributed by atoms with E-state index >= 15 is 0 Å². The van der Waals surface area contributed by atoms with E-state index < -0.39 is 22.9 Å². The molecule has 2 rings (SSSR count). The molecule has 0 aliphatic rings. The van der Waals surface area contributed by atoms with Gasteiger partial charge in [0.15, 0.2) is 0 Å². The van der Waals surface area contributed by atoms with E-state index in [9.17, 15) is 19.7 Å². The summed E-state index contributed by atoms with van der Waals surface area (Å²) < 4.78 is 1.03. The number of carbonyl (C=O) groups is 1. The van der Waals surface area contributed by atoms with Gasteiger partial charge in [0.25, 0.3) is 11.2 Å². The van der Waals surface area contributed by atoms with Crippen molar-refractivity contribution >= 4 is 11.6 Å². The first kappa shape index (κ1) is 14.9. The van der Waals surface area contributed by atoms with Crippen molar-refractivity contribution in [3.63, 3.8) is 0 Å². The van der Waals surface area contributed by atoms with Crippen LogP contribution in [0.5, 0.6) is 0 Å². The second kappa shape index (κ2) is 5.88. The summed E-state index contributed by atoms with van der Waals surface area (Å²) in [5.74, 6) is -0.760. The molecule has 0 saturated heterocycles. The first-order valence-corrected chi connectivity index (χ1v) is 6.11. The van der Waals surface area contributed by atoms with Crippen LogP contribution in [-0.4, -0.2) is 15.4 Å². The molecule has 8 heteroatoms. The van der Waals surface area contributed by atoms with Crippen LogP contribution >= 0.6 is 0 Å². The molecule has 0 atom stereocenters. The first-order valence-electron chi connectivity index (χ1n) is 6.11. The average Bonchev–Trinajstić information content (AvgIpc) is 2.49. The minimum Gasteiger partial charge on any atom is -0.368 e. The number of hydrogen-bond acceptors (Lipinski definition) is 5. The van der Waals surface area contributed by atoms with E-state index in [1.807, 2.05) is 0 Å². The van der Waals surface area contributed by atoms with Crippen LogP contribution in [0.15, 0.2) is 41.2 Å². The number of non-ortho nitro benzene ring substituents is 1. The molecule has 0 radical (unpaired) electrons. The summed E-state index contributed by atoms with van der Waals surface area (Å²) in [5, 5.41) is 19.7. The fourth-order valence-corrected chi connectivity index (χ4v) is 2.01. The zero-order valence-corrected chi connectivity index (χ0v) is 11.2. The molecular formula is C14H10N4O4. The lowest BCUT2D eigenvalue weighted by Crippen LogP contribution is -2.30. The summed E-state index contributed by atoms with van der Waals surface area (Å²) in [6.07, 6.45) is 0. The minimum absolute atomic E-state index is 0.143. The minimum atomic E-state index is -0.760. The van der Waals surface area contributed by atoms with Gasteiger partial charge >= 0.3 is 0 Å². The molecule has 1 amide bonds. The summed E-state index contributed by atoms with van der Waals surface area (Å²) in [6.45, 7) is -0.424. The zero-order chi connectivity index (χ0) is 16.3. The molecule has 0 aliphatic heterocycles. The molecule has 110 valence electrons. The van der Waals surface area contributed by atoms with E-state index in [2.05, 4.69) is 0 Å². The average molecular weight is 298 g/mol. The third-order valence-electron chi connectivity index (χ3n) is 2.96. The Kier molecular flexibility index (Phi) is 3.99. The fraction of sp³-hybridized carbons (Fsp3) is 0.0714. The first-order chi connectivity index (χ1) is 10.4. The van der Waals surface area contributed by atoms with Gasteiger partial charge in [-0.2, -0.15) is 5.26 Å². The Hall–Kier alpha value is -3.47. The molecule has 2 aromatic rings. The van der Waals surface area contributed by atoms with Gasteiger partial charge in [0.2, 0.25) is 5.91 Å². The number of carbonyl (C=O) groups excluding carboxylic acids is 1. The lowest BCUT2D eigenvalue weighted by atomic mass is 10.1. The van der Waals surface area contributed by atoms with Crippen LogP contribution in [-0.2, 0) is 11.3 Å². The number of hydrogen-bond donors (Lipinski definition) is 1. The number of nitrogens with zero attached hydrogens (tertiary/aromatic N) is 3.